The zero-order valence-corrected chi connectivity index (χ0v) is 18.1. The highest BCUT2D eigenvalue weighted by atomic mass is 35.5. The summed E-state index contributed by atoms with van der Waals surface area (Å²) in [6.07, 6.45) is 0. The molecule has 0 saturated carbocycles. The van der Waals surface area contributed by atoms with Crippen molar-refractivity contribution < 1.29 is 16.8 Å². The first kappa shape index (κ1) is 20.7. The smallest absolute Gasteiger partial charge is 0.245 e. The van der Waals surface area contributed by atoms with Gasteiger partial charge in [-0.15, -0.1) is 0 Å². The molecule has 30 heavy (non-hydrogen) atoms. The van der Waals surface area contributed by atoms with Gasteiger partial charge in [-0.3, -0.25) is 0 Å². The lowest BCUT2D eigenvalue weighted by atomic mass is 10.3. The molecule has 0 amide bonds. The van der Waals surface area contributed by atoms with Crippen molar-refractivity contribution in [3.05, 3.63) is 93.3 Å². The fourth-order valence-electron chi connectivity index (χ4n) is 2.98. The normalized spacial score (nSPS) is 12.3. The molecule has 0 unspecified atom stereocenters. The van der Waals surface area contributed by atoms with E-state index >= 15 is 0 Å². The summed E-state index contributed by atoms with van der Waals surface area (Å²) in [6, 6.07) is 16.2. The molecule has 1 heterocycles. The summed E-state index contributed by atoms with van der Waals surface area (Å²) >= 11 is 11.6. The zero-order chi connectivity index (χ0) is 21.7. The van der Waals surface area contributed by atoms with E-state index in [9.17, 15) is 21.6 Å². The number of nitrogens with zero attached hydrogens (tertiary/aromatic N) is 2. The van der Waals surface area contributed by atoms with Crippen molar-refractivity contribution >= 4 is 54.3 Å². The largest absolute Gasteiger partial charge is 0.357 e. The van der Waals surface area contributed by atoms with Crippen molar-refractivity contribution in [2.45, 2.75) is 9.79 Å². The summed E-state index contributed by atoms with van der Waals surface area (Å²) in [5.74, 6) is 0. The molecule has 0 radical (unpaired) electrons. The third kappa shape index (κ3) is 3.24. The van der Waals surface area contributed by atoms with E-state index in [1.54, 1.807) is 0 Å². The van der Waals surface area contributed by atoms with Crippen LogP contribution < -0.4 is 5.69 Å². The van der Waals surface area contributed by atoms with E-state index in [0.29, 0.717) is 18.0 Å². The lowest BCUT2D eigenvalue weighted by Gasteiger charge is -2.06. The molecule has 0 N–H and O–H groups in total. The second-order valence-corrected chi connectivity index (χ2v) is 10.7. The Hall–Kier alpha value is -2.59. The molecule has 1 aromatic heterocycles. The van der Waals surface area contributed by atoms with Gasteiger partial charge in [0.2, 0.25) is 0 Å². The molecule has 0 atom stereocenters. The number of rotatable bonds is 4. The van der Waals surface area contributed by atoms with Gasteiger partial charge >= 0.3 is 5.69 Å². The number of aromatic nitrogens is 2. The van der Waals surface area contributed by atoms with Gasteiger partial charge in [0.1, 0.15) is 0 Å². The van der Waals surface area contributed by atoms with Crippen LogP contribution in [0.25, 0.3) is 11.0 Å². The van der Waals surface area contributed by atoms with E-state index in [0.717, 1.165) is 0 Å². The lowest BCUT2D eigenvalue weighted by Crippen LogP contribution is -2.33. The van der Waals surface area contributed by atoms with Gasteiger partial charge in [-0.05, 0) is 60.7 Å². The van der Waals surface area contributed by atoms with Gasteiger partial charge in [0.05, 0.1) is 20.8 Å². The number of hydrogen-bond donors (Lipinski definition) is 0. The fourth-order valence-corrected chi connectivity index (χ4v) is 6.07. The molecule has 4 aromatic rings. The molecule has 154 valence electrons. The summed E-state index contributed by atoms with van der Waals surface area (Å²) in [4.78, 5) is 12.8. The van der Waals surface area contributed by atoms with Crippen LogP contribution in [-0.4, -0.2) is 24.8 Å². The topological polar surface area (TPSA) is 95.2 Å². The van der Waals surface area contributed by atoms with E-state index in [1.807, 2.05) is 0 Å². The molecular weight excluding hydrogens is 471 g/mol. The molecular formula is C19H12Cl2N2O5S2. The maximum absolute atomic E-state index is 13.2. The van der Waals surface area contributed by atoms with Crippen molar-refractivity contribution in [3.8, 4) is 0 Å². The van der Waals surface area contributed by atoms with Crippen LogP contribution in [0.15, 0.2) is 87.4 Å². The summed E-state index contributed by atoms with van der Waals surface area (Å²) in [6.45, 7) is 0. The lowest BCUT2D eigenvalue weighted by molar-refractivity contribution is 0.582. The average molecular weight is 483 g/mol. The molecule has 0 aliphatic heterocycles. The molecule has 0 bridgehead atoms. The second kappa shape index (κ2) is 7.28. The second-order valence-electron chi connectivity index (χ2n) is 6.22. The Morgan fingerprint density at radius 3 is 1.23 bits per heavy atom. The summed E-state index contributed by atoms with van der Waals surface area (Å²) in [7, 11) is -8.80. The van der Waals surface area contributed by atoms with Crippen LogP contribution in [0.2, 0.25) is 10.0 Å². The summed E-state index contributed by atoms with van der Waals surface area (Å²) in [5, 5.41) is 0.628. The number of imidazole rings is 1. The van der Waals surface area contributed by atoms with E-state index in [1.165, 1.54) is 72.8 Å². The highest BCUT2D eigenvalue weighted by molar-refractivity contribution is 7.91. The fraction of sp³-hybridized carbons (Fsp3) is 0. The highest BCUT2D eigenvalue weighted by Gasteiger charge is 2.30. The molecule has 0 saturated heterocycles. The van der Waals surface area contributed by atoms with Gasteiger partial charge in [0.15, 0.2) is 0 Å². The average Bonchev–Trinajstić information content (AvgIpc) is 3.01. The van der Waals surface area contributed by atoms with Gasteiger partial charge < -0.3 is 0 Å². The zero-order valence-electron chi connectivity index (χ0n) is 14.9. The minimum absolute atomic E-state index is 0.0741. The van der Waals surface area contributed by atoms with Gasteiger partial charge in [-0.25, -0.2) is 21.6 Å². The molecule has 4 rings (SSSR count). The van der Waals surface area contributed by atoms with Gasteiger partial charge in [-0.1, -0.05) is 35.3 Å². The Labute approximate surface area is 181 Å². The van der Waals surface area contributed by atoms with Gasteiger partial charge in [0.25, 0.3) is 20.0 Å². The Morgan fingerprint density at radius 2 is 0.900 bits per heavy atom. The van der Waals surface area contributed by atoms with Crippen molar-refractivity contribution in [2.24, 2.45) is 0 Å². The van der Waals surface area contributed by atoms with E-state index in [2.05, 4.69) is 0 Å². The van der Waals surface area contributed by atoms with Gasteiger partial charge in [0, 0.05) is 10.0 Å². The molecule has 0 fully saturated rings. The van der Waals surface area contributed by atoms with Crippen LogP contribution >= 0.6 is 23.2 Å². The van der Waals surface area contributed by atoms with Crippen LogP contribution in [0.1, 0.15) is 0 Å². The van der Waals surface area contributed by atoms with Crippen molar-refractivity contribution in [3.63, 3.8) is 0 Å². The maximum Gasteiger partial charge on any atom is 0.357 e. The van der Waals surface area contributed by atoms with Gasteiger partial charge in [-0.2, -0.15) is 7.94 Å². The third-order valence-corrected chi connectivity index (χ3v) is 8.28. The van der Waals surface area contributed by atoms with Crippen LogP contribution in [0.5, 0.6) is 0 Å². The SMILES string of the molecule is O=c1n(S(=O)(=O)c2ccc(Cl)cc2)c2ccccc2n1S(=O)(=O)c1ccc(Cl)cc1. The third-order valence-electron chi connectivity index (χ3n) is 4.37. The first-order valence-electron chi connectivity index (χ1n) is 8.39. The molecule has 0 aliphatic carbocycles. The van der Waals surface area contributed by atoms with Crippen LogP contribution in [0, 0.1) is 0 Å². The summed E-state index contributed by atoms with van der Waals surface area (Å²) < 4.78 is 53.7. The number of para-hydroxylation sites is 2. The predicted octanol–water partition coefficient (Wildman–Crippen LogP) is 3.58. The van der Waals surface area contributed by atoms with E-state index < -0.39 is 25.7 Å². The molecule has 0 spiro atoms. The van der Waals surface area contributed by atoms with E-state index in [-0.39, 0.29) is 20.8 Å². The molecule has 11 heteroatoms. The number of halogens is 2. The first-order chi connectivity index (χ1) is 14.1. The Bertz CT molecular complexity index is 1420. The van der Waals surface area contributed by atoms with Crippen LogP contribution in [0.3, 0.4) is 0 Å². The predicted molar refractivity (Wildman–Crippen MR) is 114 cm³/mol. The Kier molecular flexibility index (Phi) is 5.01. The Balaban J connectivity index is 2.06. The number of benzene rings is 3. The molecule has 0 aliphatic rings. The number of hydrogen-bond acceptors (Lipinski definition) is 5. The van der Waals surface area contributed by atoms with Crippen LogP contribution in [-0.2, 0) is 20.0 Å². The minimum atomic E-state index is -4.40. The maximum atomic E-state index is 13.2. The minimum Gasteiger partial charge on any atom is -0.245 e. The van der Waals surface area contributed by atoms with Crippen LogP contribution in [0.4, 0.5) is 0 Å². The Morgan fingerprint density at radius 1 is 0.567 bits per heavy atom. The van der Waals surface area contributed by atoms with Crippen molar-refractivity contribution in [2.75, 3.05) is 0 Å². The quantitative estimate of drug-likeness (QED) is 0.442. The standard InChI is InChI=1S/C19H12Cl2N2O5S2/c20-13-5-9-15(10-6-13)29(25,26)22-17-3-1-2-4-18(17)23(19(22)24)30(27,28)16-11-7-14(21)8-12-16/h1-12H. The number of fused-ring (bicyclic) bond motifs is 1. The monoisotopic (exact) mass is 482 g/mol. The van der Waals surface area contributed by atoms with Crippen molar-refractivity contribution in [1.29, 1.82) is 0 Å². The molecule has 3 aromatic carbocycles. The van der Waals surface area contributed by atoms with E-state index in [4.69, 9.17) is 23.2 Å². The van der Waals surface area contributed by atoms with Crippen molar-refractivity contribution in [1.82, 2.24) is 7.94 Å². The summed E-state index contributed by atoms with van der Waals surface area (Å²) in [5.41, 5.74) is -1.38. The first-order valence-corrected chi connectivity index (χ1v) is 12.0. The highest BCUT2D eigenvalue weighted by Crippen LogP contribution is 2.24. The molecule has 7 nitrogen and oxygen atoms in total.